The summed E-state index contributed by atoms with van der Waals surface area (Å²) in [4.78, 5) is 0. The summed E-state index contributed by atoms with van der Waals surface area (Å²) in [6.07, 6.45) is 9.98. The van der Waals surface area contributed by atoms with Crippen molar-refractivity contribution >= 4 is 0 Å². The van der Waals surface area contributed by atoms with Crippen LogP contribution in [0.1, 0.15) is 65.7 Å². The maximum Gasteiger partial charge on any atom is 0.00669 e. The van der Waals surface area contributed by atoms with Crippen molar-refractivity contribution in [1.29, 1.82) is 0 Å². The molecule has 0 bridgehead atoms. The maximum absolute atomic E-state index is 3.70. The van der Waals surface area contributed by atoms with E-state index in [9.17, 15) is 0 Å². The summed E-state index contributed by atoms with van der Waals surface area (Å²) in [7, 11) is 0. The van der Waals surface area contributed by atoms with Crippen LogP contribution in [-0.4, -0.2) is 12.6 Å². The summed E-state index contributed by atoms with van der Waals surface area (Å²) in [5.74, 6) is 1.84. The molecule has 1 aliphatic carbocycles. The number of nitrogens with one attached hydrogen (secondary N) is 1. The zero-order valence-corrected chi connectivity index (χ0v) is 10.9. The summed E-state index contributed by atoms with van der Waals surface area (Å²) in [5.41, 5.74) is 0. The molecule has 0 aromatic heterocycles. The van der Waals surface area contributed by atoms with Crippen molar-refractivity contribution in [2.45, 2.75) is 71.8 Å². The Bertz CT molecular complexity index is 147. The molecule has 0 aromatic rings. The molecular formula is C14H29N. The molecule has 0 heterocycles. The first-order valence-corrected chi connectivity index (χ1v) is 6.93. The van der Waals surface area contributed by atoms with Crippen molar-refractivity contribution in [3.05, 3.63) is 0 Å². The molecule has 1 fully saturated rings. The molecule has 1 aliphatic rings. The molecule has 1 saturated carbocycles. The minimum atomic E-state index is 0.756. The molecule has 1 heteroatoms. The highest BCUT2D eigenvalue weighted by atomic mass is 14.9. The first-order valence-electron chi connectivity index (χ1n) is 6.93. The van der Waals surface area contributed by atoms with E-state index in [1.165, 1.54) is 51.5 Å². The van der Waals surface area contributed by atoms with Crippen LogP contribution in [0.25, 0.3) is 0 Å². The molecule has 1 unspecified atom stereocenters. The van der Waals surface area contributed by atoms with Gasteiger partial charge in [-0.3, -0.25) is 0 Å². The average molecular weight is 211 g/mol. The van der Waals surface area contributed by atoms with Gasteiger partial charge in [0.1, 0.15) is 0 Å². The SMILES string of the molecule is CC(C)CCCCNC(C)C1CCCC1. The zero-order chi connectivity index (χ0) is 11.1. The van der Waals surface area contributed by atoms with Crippen LogP contribution in [0.5, 0.6) is 0 Å². The first-order chi connectivity index (χ1) is 7.20. The Balaban J connectivity index is 1.94. The first kappa shape index (κ1) is 13.0. The Morgan fingerprint density at radius 2 is 1.73 bits per heavy atom. The van der Waals surface area contributed by atoms with Crippen molar-refractivity contribution in [3.8, 4) is 0 Å². The van der Waals surface area contributed by atoms with Gasteiger partial charge < -0.3 is 5.32 Å². The molecule has 0 aromatic carbocycles. The van der Waals surface area contributed by atoms with Crippen LogP contribution < -0.4 is 5.32 Å². The van der Waals surface area contributed by atoms with Gasteiger partial charge in [0.15, 0.2) is 0 Å². The third-order valence-corrected chi connectivity index (χ3v) is 3.78. The summed E-state index contributed by atoms with van der Waals surface area (Å²) in [6, 6.07) is 0.756. The second-order valence-corrected chi connectivity index (χ2v) is 5.68. The molecule has 0 amide bonds. The Kier molecular flexibility index (Phi) is 6.31. The molecule has 0 radical (unpaired) electrons. The van der Waals surface area contributed by atoms with Gasteiger partial charge in [0.25, 0.3) is 0 Å². The zero-order valence-electron chi connectivity index (χ0n) is 10.9. The van der Waals surface area contributed by atoms with E-state index in [-0.39, 0.29) is 0 Å². The van der Waals surface area contributed by atoms with E-state index in [0.717, 1.165) is 17.9 Å². The fraction of sp³-hybridized carbons (Fsp3) is 1.00. The summed E-state index contributed by atoms with van der Waals surface area (Å²) in [6.45, 7) is 8.23. The van der Waals surface area contributed by atoms with Gasteiger partial charge in [0.05, 0.1) is 0 Å². The van der Waals surface area contributed by atoms with Gasteiger partial charge in [0.2, 0.25) is 0 Å². The fourth-order valence-electron chi connectivity index (χ4n) is 2.63. The van der Waals surface area contributed by atoms with Gasteiger partial charge in [-0.15, -0.1) is 0 Å². The predicted octanol–water partition coefficient (Wildman–Crippen LogP) is 3.98. The minimum absolute atomic E-state index is 0.756. The lowest BCUT2D eigenvalue weighted by Gasteiger charge is -2.20. The molecule has 1 atom stereocenters. The van der Waals surface area contributed by atoms with Crippen molar-refractivity contribution in [3.63, 3.8) is 0 Å². The summed E-state index contributed by atoms with van der Waals surface area (Å²) in [5, 5.41) is 3.70. The Morgan fingerprint density at radius 3 is 2.33 bits per heavy atom. The van der Waals surface area contributed by atoms with Crippen molar-refractivity contribution in [2.24, 2.45) is 11.8 Å². The normalized spacial score (nSPS) is 20.0. The van der Waals surface area contributed by atoms with E-state index in [2.05, 4.69) is 26.1 Å². The van der Waals surface area contributed by atoms with Crippen LogP contribution in [0.2, 0.25) is 0 Å². The highest BCUT2D eigenvalue weighted by Crippen LogP contribution is 2.27. The third kappa shape index (κ3) is 5.55. The molecule has 15 heavy (non-hydrogen) atoms. The number of hydrogen-bond donors (Lipinski definition) is 1. The molecule has 90 valence electrons. The summed E-state index contributed by atoms with van der Waals surface area (Å²) >= 11 is 0. The lowest BCUT2D eigenvalue weighted by molar-refractivity contribution is 0.375. The van der Waals surface area contributed by atoms with Crippen molar-refractivity contribution in [1.82, 2.24) is 5.32 Å². The van der Waals surface area contributed by atoms with Crippen molar-refractivity contribution in [2.75, 3.05) is 6.54 Å². The van der Waals surface area contributed by atoms with E-state index in [4.69, 9.17) is 0 Å². The van der Waals surface area contributed by atoms with E-state index in [1.807, 2.05) is 0 Å². The van der Waals surface area contributed by atoms with Gasteiger partial charge in [-0.05, 0) is 44.6 Å². The van der Waals surface area contributed by atoms with Gasteiger partial charge in [-0.1, -0.05) is 39.5 Å². The van der Waals surface area contributed by atoms with Gasteiger partial charge in [0, 0.05) is 6.04 Å². The average Bonchev–Trinajstić information content (AvgIpc) is 2.69. The quantitative estimate of drug-likeness (QED) is 0.628. The maximum atomic E-state index is 3.70. The summed E-state index contributed by atoms with van der Waals surface area (Å²) < 4.78 is 0. The lowest BCUT2D eigenvalue weighted by atomic mass is 9.99. The standard InChI is InChI=1S/C14H29N/c1-12(2)8-6-7-11-15-13(3)14-9-4-5-10-14/h12-15H,4-11H2,1-3H3. The topological polar surface area (TPSA) is 12.0 Å². The van der Waals surface area contributed by atoms with Crippen molar-refractivity contribution < 1.29 is 0 Å². The van der Waals surface area contributed by atoms with Crippen LogP contribution in [-0.2, 0) is 0 Å². The van der Waals surface area contributed by atoms with Gasteiger partial charge >= 0.3 is 0 Å². The lowest BCUT2D eigenvalue weighted by Crippen LogP contribution is -2.32. The molecule has 1 N–H and O–H groups in total. The largest absolute Gasteiger partial charge is 0.314 e. The highest BCUT2D eigenvalue weighted by Gasteiger charge is 2.20. The molecule has 0 saturated heterocycles. The van der Waals surface area contributed by atoms with Crippen LogP contribution in [0.15, 0.2) is 0 Å². The van der Waals surface area contributed by atoms with Crippen LogP contribution in [0.4, 0.5) is 0 Å². The molecule has 0 spiro atoms. The second-order valence-electron chi connectivity index (χ2n) is 5.68. The second kappa shape index (κ2) is 7.27. The smallest absolute Gasteiger partial charge is 0.00669 e. The monoisotopic (exact) mass is 211 g/mol. The van der Waals surface area contributed by atoms with E-state index in [0.29, 0.717) is 0 Å². The molecule has 0 aliphatic heterocycles. The Morgan fingerprint density at radius 1 is 1.07 bits per heavy atom. The van der Waals surface area contributed by atoms with E-state index < -0.39 is 0 Å². The third-order valence-electron chi connectivity index (χ3n) is 3.78. The van der Waals surface area contributed by atoms with E-state index >= 15 is 0 Å². The van der Waals surface area contributed by atoms with Crippen LogP contribution in [0.3, 0.4) is 0 Å². The predicted molar refractivity (Wildman–Crippen MR) is 68.1 cm³/mol. The minimum Gasteiger partial charge on any atom is -0.314 e. The van der Waals surface area contributed by atoms with Gasteiger partial charge in [-0.2, -0.15) is 0 Å². The van der Waals surface area contributed by atoms with Crippen LogP contribution in [0, 0.1) is 11.8 Å². The highest BCUT2D eigenvalue weighted by molar-refractivity contribution is 4.76. The fourth-order valence-corrected chi connectivity index (χ4v) is 2.63. The van der Waals surface area contributed by atoms with Gasteiger partial charge in [-0.25, -0.2) is 0 Å². The molecule has 1 rings (SSSR count). The van der Waals surface area contributed by atoms with E-state index in [1.54, 1.807) is 0 Å². The molecule has 1 nitrogen and oxygen atoms in total. The molecular weight excluding hydrogens is 182 g/mol. The number of rotatable bonds is 7. The van der Waals surface area contributed by atoms with Crippen LogP contribution >= 0.6 is 0 Å². The Hall–Kier alpha value is -0.0400. The number of unbranched alkanes of at least 4 members (excludes halogenated alkanes) is 1. The Labute approximate surface area is 96.0 Å². The number of hydrogen-bond acceptors (Lipinski definition) is 1.